The first-order valence-electron chi connectivity index (χ1n) is 21.6. The highest BCUT2D eigenvalue weighted by molar-refractivity contribution is 5.77. The fourth-order valence-corrected chi connectivity index (χ4v) is 6.53. The molecule has 50 heavy (non-hydrogen) atoms. The molecule has 0 aliphatic heterocycles. The zero-order chi connectivity index (χ0) is 36.8. The van der Waals surface area contributed by atoms with E-state index < -0.39 is 18.2 Å². The first kappa shape index (κ1) is 48.3. The quantitative estimate of drug-likeness (QED) is 0.0337. The monoisotopic (exact) mass is 706 g/mol. The maximum atomic E-state index is 13.1. The minimum atomic E-state index is -0.784. The van der Waals surface area contributed by atoms with Gasteiger partial charge in [0.25, 0.3) is 0 Å². The number of carbonyl (C=O) groups is 2. The molecule has 1 amide bonds. The smallest absolute Gasteiger partial charge is 0.306 e. The van der Waals surface area contributed by atoms with Gasteiger partial charge < -0.3 is 20.3 Å². The summed E-state index contributed by atoms with van der Waals surface area (Å²) in [5, 5.41) is 23.5. The number of amides is 1. The molecule has 0 aliphatic carbocycles. The summed E-state index contributed by atoms with van der Waals surface area (Å²) in [6.07, 6.45) is 41.0. The molecule has 0 radical (unpaired) electrons. The molecule has 0 bridgehead atoms. The number of hydrogen-bond donors (Lipinski definition) is 3. The number of nitrogens with one attached hydrogen (secondary N) is 1. The van der Waals surface area contributed by atoms with Crippen LogP contribution in [0.5, 0.6) is 0 Å². The number of esters is 1. The molecule has 0 heterocycles. The Morgan fingerprint density at radius 3 is 1.62 bits per heavy atom. The summed E-state index contributed by atoms with van der Waals surface area (Å²) in [6.45, 7) is 6.33. The summed E-state index contributed by atoms with van der Waals surface area (Å²) in [6, 6.07) is -0.698. The van der Waals surface area contributed by atoms with Crippen LogP contribution >= 0.6 is 0 Å². The van der Waals surface area contributed by atoms with Gasteiger partial charge in [0.05, 0.1) is 25.2 Å². The van der Waals surface area contributed by atoms with E-state index in [9.17, 15) is 19.8 Å². The molecule has 294 valence electrons. The van der Waals surface area contributed by atoms with Crippen LogP contribution in [0, 0.1) is 0 Å². The van der Waals surface area contributed by atoms with E-state index in [-0.39, 0.29) is 24.9 Å². The Hall–Kier alpha value is -1.66. The number of carbonyl (C=O) groups excluding carboxylic acids is 2. The van der Waals surface area contributed by atoms with Crippen molar-refractivity contribution in [3.8, 4) is 0 Å². The molecule has 0 aromatic rings. The topological polar surface area (TPSA) is 95.9 Å². The Morgan fingerprint density at radius 2 is 1.08 bits per heavy atom. The van der Waals surface area contributed by atoms with Gasteiger partial charge in [0.2, 0.25) is 5.91 Å². The minimum absolute atomic E-state index is 0.0717. The van der Waals surface area contributed by atoms with Crippen LogP contribution in [-0.2, 0) is 14.3 Å². The number of aliphatic hydroxyl groups excluding tert-OH is 2. The zero-order valence-corrected chi connectivity index (χ0v) is 33.3. The molecule has 3 N–H and O–H groups in total. The molecule has 0 spiro atoms. The number of ether oxygens (including phenoxy) is 1. The number of unbranched alkanes of at least 4 members (excludes halogenated alkanes) is 22. The molecule has 3 unspecified atom stereocenters. The minimum Gasteiger partial charge on any atom is -0.462 e. The fraction of sp³-hybridized carbons (Fsp3) is 0.864. The van der Waals surface area contributed by atoms with Crippen LogP contribution in [-0.4, -0.2) is 46.9 Å². The van der Waals surface area contributed by atoms with Gasteiger partial charge >= 0.3 is 5.97 Å². The summed E-state index contributed by atoms with van der Waals surface area (Å²) in [7, 11) is 0. The number of allylic oxidation sites excluding steroid dienone is 4. The molecule has 0 aromatic heterocycles. The highest BCUT2D eigenvalue weighted by Gasteiger charge is 2.24. The molecule has 3 atom stereocenters. The van der Waals surface area contributed by atoms with Gasteiger partial charge in [0.15, 0.2) is 0 Å². The van der Waals surface area contributed by atoms with Crippen molar-refractivity contribution >= 4 is 11.9 Å². The molecule has 6 heteroatoms. The Bertz CT molecular complexity index is 797. The molecule has 0 aliphatic rings. The lowest BCUT2D eigenvalue weighted by Gasteiger charge is -2.24. The Morgan fingerprint density at radius 1 is 0.600 bits per heavy atom. The average molecular weight is 706 g/mol. The van der Waals surface area contributed by atoms with Crippen molar-refractivity contribution in [2.45, 2.75) is 238 Å². The third-order valence-corrected chi connectivity index (χ3v) is 9.79. The molecular weight excluding hydrogens is 622 g/mol. The van der Waals surface area contributed by atoms with Crippen molar-refractivity contribution in [3.05, 3.63) is 24.3 Å². The first-order valence-corrected chi connectivity index (χ1v) is 21.6. The van der Waals surface area contributed by atoms with Gasteiger partial charge in [-0.2, -0.15) is 0 Å². The molecule has 0 fully saturated rings. The van der Waals surface area contributed by atoms with Crippen LogP contribution in [0.3, 0.4) is 0 Å². The standard InChI is InChI=1S/C44H83NO5/c1-4-7-10-13-16-19-21-22-24-26-29-32-35-40(50-44(49)37-34-31-28-25-20-17-14-11-8-5-2)38-43(48)45-41(39-46)42(47)36-33-30-27-23-18-15-12-9-6-3/h7,10,16,19,40-42,46-47H,4-6,8-9,11-15,17-18,20-39H2,1-3H3,(H,45,48)/b10-7+,19-16+. The Labute approximate surface area is 310 Å². The van der Waals surface area contributed by atoms with Crippen LogP contribution in [0.2, 0.25) is 0 Å². The van der Waals surface area contributed by atoms with Gasteiger partial charge in [-0.25, -0.2) is 0 Å². The zero-order valence-electron chi connectivity index (χ0n) is 33.3. The van der Waals surface area contributed by atoms with Crippen molar-refractivity contribution in [3.63, 3.8) is 0 Å². The predicted octanol–water partition coefficient (Wildman–Crippen LogP) is 12.0. The van der Waals surface area contributed by atoms with Gasteiger partial charge in [-0.05, 0) is 51.4 Å². The lowest BCUT2D eigenvalue weighted by molar-refractivity contribution is -0.151. The van der Waals surface area contributed by atoms with Gasteiger partial charge in [-0.1, -0.05) is 180 Å². The van der Waals surface area contributed by atoms with Crippen molar-refractivity contribution in [1.29, 1.82) is 0 Å². The highest BCUT2D eigenvalue weighted by atomic mass is 16.5. The summed E-state index contributed by atoms with van der Waals surface area (Å²) < 4.78 is 5.87. The second-order valence-corrected chi connectivity index (χ2v) is 14.7. The van der Waals surface area contributed by atoms with Crippen molar-refractivity contribution in [2.24, 2.45) is 0 Å². The van der Waals surface area contributed by atoms with E-state index in [0.29, 0.717) is 19.3 Å². The van der Waals surface area contributed by atoms with Crippen molar-refractivity contribution in [1.82, 2.24) is 5.32 Å². The third kappa shape index (κ3) is 33.5. The second-order valence-electron chi connectivity index (χ2n) is 14.7. The molecular formula is C44H83NO5. The van der Waals surface area contributed by atoms with Crippen LogP contribution in [0.4, 0.5) is 0 Å². The number of rotatable bonds is 38. The number of hydrogen-bond acceptors (Lipinski definition) is 5. The molecule has 0 aromatic carbocycles. The van der Waals surface area contributed by atoms with E-state index in [0.717, 1.165) is 77.0 Å². The average Bonchev–Trinajstić information content (AvgIpc) is 3.10. The third-order valence-electron chi connectivity index (χ3n) is 9.79. The molecule has 0 saturated carbocycles. The van der Waals surface area contributed by atoms with Crippen LogP contribution in [0.25, 0.3) is 0 Å². The van der Waals surface area contributed by atoms with Crippen LogP contribution in [0.1, 0.15) is 220 Å². The summed E-state index contributed by atoms with van der Waals surface area (Å²) in [4.78, 5) is 25.8. The van der Waals surface area contributed by atoms with Crippen molar-refractivity contribution in [2.75, 3.05) is 6.61 Å². The van der Waals surface area contributed by atoms with E-state index in [1.165, 1.54) is 96.3 Å². The maximum absolute atomic E-state index is 13.1. The van der Waals surface area contributed by atoms with Gasteiger partial charge in [-0.3, -0.25) is 9.59 Å². The van der Waals surface area contributed by atoms with Crippen LogP contribution < -0.4 is 5.32 Å². The van der Waals surface area contributed by atoms with Gasteiger partial charge in [-0.15, -0.1) is 0 Å². The second kappa shape index (κ2) is 38.6. The van der Waals surface area contributed by atoms with E-state index in [4.69, 9.17) is 4.74 Å². The number of aliphatic hydroxyl groups is 2. The maximum Gasteiger partial charge on any atom is 0.306 e. The largest absolute Gasteiger partial charge is 0.462 e. The lowest BCUT2D eigenvalue weighted by atomic mass is 10.0. The highest BCUT2D eigenvalue weighted by Crippen LogP contribution is 2.17. The summed E-state index contributed by atoms with van der Waals surface area (Å²) in [5.41, 5.74) is 0. The van der Waals surface area contributed by atoms with Gasteiger partial charge in [0.1, 0.15) is 6.10 Å². The molecule has 0 saturated heterocycles. The summed E-state index contributed by atoms with van der Waals surface area (Å²) in [5.74, 6) is -0.487. The van der Waals surface area contributed by atoms with E-state index in [1.807, 2.05) is 0 Å². The van der Waals surface area contributed by atoms with Gasteiger partial charge in [0, 0.05) is 6.42 Å². The fourth-order valence-electron chi connectivity index (χ4n) is 6.53. The summed E-state index contributed by atoms with van der Waals surface area (Å²) >= 11 is 0. The van der Waals surface area contributed by atoms with E-state index >= 15 is 0 Å². The SMILES string of the molecule is CC/C=C/C/C=C/CCCCCCCC(CC(=O)NC(CO)C(O)CCCCCCCCCCC)OC(=O)CCCCCCCCCCCC. The van der Waals surface area contributed by atoms with E-state index in [2.05, 4.69) is 50.4 Å². The van der Waals surface area contributed by atoms with Crippen molar-refractivity contribution < 1.29 is 24.5 Å². The first-order chi connectivity index (χ1) is 24.5. The van der Waals surface area contributed by atoms with Crippen LogP contribution in [0.15, 0.2) is 24.3 Å². The normalized spacial score (nSPS) is 13.6. The Balaban J connectivity index is 4.62. The lowest BCUT2D eigenvalue weighted by Crippen LogP contribution is -2.46. The molecule has 6 nitrogen and oxygen atoms in total. The van der Waals surface area contributed by atoms with E-state index in [1.54, 1.807) is 0 Å². The Kier molecular flexibility index (Phi) is 37.3. The molecule has 0 rings (SSSR count). The predicted molar refractivity (Wildman–Crippen MR) is 213 cm³/mol.